The third kappa shape index (κ3) is 3.04. The summed E-state index contributed by atoms with van der Waals surface area (Å²) in [6.45, 7) is -0.0794. The van der Waals surface area contributed by atoms with Crippen molar-refractivity contribution in [3.05, 3.63) is 69.8 Å². The summed E-state index contributed by atoms with van der Waals surface area (Å²) >= 11 is 0. The third-order valence-electron chi connectivity index (χ3n) is 2.47. The number of hydrogen-bond acceptors (Lipinski definition) is 3. The van der Waals surface area contributed by atoms with Crippen LogP contribution in [-0.2, 0) is 6.61 Å². The molecule has 0 aliphatic rings. The van der Waals surface area contributed by atoms with Crippen LogP contribution in [0, 0.1) is 21.7 Å². The maximum absolute atomic E-state index is 13.3. The summed E-state index contributed by atoms with van der Waals surface area (Å²) in [6, 6.07) is 9.20. The number of ether oxygens (including phenoxy) is 1. The van der Waals surface area contributed by atoms with E-state index in [4.69, 9.17) is 4.74 Å². The Hall–Kier alpha value is -2.50. The standard InChI is InChI=1S/C13H9F2NO3/c14-11-4-2-1-3-9(11)8-19-10-5-6-13(16(17)18)12(15)7-10/h1-7H,8H2. The quantitative estimate of drug-likeness (QED) is 0.628. The maximum Gasteiger partial charge on any atom is 0.305 e. The van der Waals surface area contributed by atoms with Crippen LogP contribution in [0.25, 0.3) is 0 Å². The second-order valence-electron chi connectivity index (χ2n) is 3.75. The van der Waals surface area contributed by atoms with Gasteiger partial charge in [0.2, 0.25) is 5.82 Å². The molecule has 0 aliphatic heterocycles. The number of nitrogens with zero attached hydrogens (tertiary/aromatic N) is 1. The molecule has 98 valence electrons. The van der Waals surface area contributed by atoms with Crippen molar-refractivity contribution < 1.29 is 18.4 Å². The van der Waals surface area contributed by atoms with Crippen LogP contribution >= 0.6 is 0 Å². The lowest BCUT2D eigenvalue weighted by atomic mass is 10.2. The molecule has 0 unspecified atom stereocenters. The second-order valence-corrected chi connectivity index (χ2v) is 3.75. The average Bonchev–Trinajstić information content (AvgIpc) is 2.37. The summed E-state index contributed by atoms with van der Waals surface area (Å²) in [5, 5.41) is 10.4. The van der Waals surface area contributed by atoms with Gasteiger partial charge < -0.3 is 4.74 Å². The Kier molecular flexibility index (Phi) is 3.70. The molecule has 4 nitrogen and oxygen atoms in total. The molecule has 0 saturated heterocycles. The molecule has 2 aromatic carbocycles. The first-order chi connectivity index (χ1) is 9.08. The molecule has 0 aliphatic carbocycles. The minimum Gasteiger partial charge on any atom is -0.489 e. The largest absolute Gasteiger partial charge is 0.489 e. The van der Waals surface area contributed by atoms with Gasteiger partial charge in [0.05, 0.1) is 4.92 Å². The molecule has 0 fully saturated rings. The average molecular weight is 265 g/mol. The molecule has 0 N–H and O–H groups in total. The zero-order chi connectivity index (χ0) is 13.8. The topological polar surface area (TPSA) is 52.4 Å². The summed E-state index contributed by atoms with van der Waals surface area (Å²) in [7, 11) is 0. The van der Waals surface area contributed by atoms with Gasteiger partial charge in [0.1, 0.15) is 18.2 Å². The van der Waals surface area contributed by atoms with Gasteiger partial charge in [-0.05, 0) is 12.1 Å². The van der Waals surface area contributed by atoms with Crippen molar-refractivity contribution >= 4 is 5.69 Å². The lowest BCUT2D eigenvalue weighted by Gasteiger charge is -2.07. The van der Waals surface area contributed by atoms with E-state index in [-0.39, 0.29) is 12.4 Å². The lowest BCUT2D eigenvalue weighted by Crippen LogP contribution is -1.99. The monoisotopic (exact) mass is 265 g/mol. The van der Waals surface area contributed by atoms with Crippen molar-refractivity contribution in [2.24, 2.45) is 0 Å². The van der Waals surface area contributed by atoms with Crippen LogP contribution in [0.15, 0.2) is 42.5 Å². The molecule has 0 atom stereocenters. The molecule has 0 heterocycles. The van der Waals surface area contributed by atoms with E-state index in [0.717, 1.165) is 12.1 Å². The van der Waals surface area contributed by atoms with Crippen LogP contribution in [0.4, 0.5) is 14.5 Å². The Balaban J connectivity index is 2.11. The fourth-order valence-corrected chi connectivity index (χ4v) is 1.50. The Labute approximate surface area is 107 Å². The van der Waals surface area contributed by atoms with Crippen LogP contribution in [0.2, 0.25) is 0 Å². The fourth-order valence-electron chi connectivity index (χ4n) is 1.50. The van der Waals surface area contributed by atoms with Gasteiger partial charge in [-0.3, -0.25) is 10.1 Å². The zero-order valence-corrected chi connectivity index (χ0v) is 9.68. The van der Waals surface area contributed by atoms with E-state index < -0.39 is 22.2 Å². The molecule has 0 amide bonds. The van der Waals surface area contributed by atoms with Gasteiger partial charge in [-0.1, -0.05) is 18.2 Å². The molecule has 2 rings (SSSR count). The van der Waals surface area contributed by atoms with Gasteiger partial charge >= 0.3 is 5.69 Å². The number of nitro groups is 1. The van der Waals surface area contributed by atoms with E-state index in [2.05, 4.69) is 0 Å². The Morgan fingerprint density at radius 1 is 1.11 bits per heavy atom. The molecule has 19 heavy (non-hydrogen) atoms. The van der Waals surface area contributed by atoms with Crippen molar-refractivity contribution in [3.63, 3.8) is 0 Å². The predicted octanol–water partition coefficient (Wildman–Crippen LogP) is 3.45. The van der Waals surface area contributed by atoms with Crippen LogP contribution in [0.1, 0.15) is 5.56 Å². The molecule has 0 spiro atoms. The van der Waals surface area contributed by atoms with Crippen molar-refractivity contribution in [2.75, 3.05) is 0 Å². The summed E-state index contributed by atoms with van der Waals surface area (Å²) in [4.78, 5) is 9.61. The fraction of sp³-hybridized carbons (Fsp3) is 0.0769. The van der Waals surface area contributed by atoms with E-state index in [9.17, 15) is 18.9 Å². The predicted molar refractivity (Wildman–Crippen MR) is 63.8 cm³/mol. The number of nitro benzene ring substituents is 1. The minimum absolute atomic E-state index is 0.0794. The van der Waals surface area contributed by atoms with Crippen molar-refractivity contribution in [2.45, 2.75) is 6.61 Å². The van der Waals surface area contributed by atoms with E-state index in [1.165, 1.54) is 18.2 Å². The summed E-state index contributed by atoms with van der Waals surface area (Å²) in [5.74, 6) is -1.31. The highest BCUT2D eigenvalue weighted by atomic mass is 19.1. The minimum atomic E-state index is -0.990. The summed E-state index contributed by atoms with van der Waals surface area (Å²) < 4.78 is 31.8. The number of rotatable bonds is 4. The van der Waals surface area contributed by atoms with Gasteiger partial charge in [-0.15, -0.1) is 0 Å². The molecular formula is C13H9F2NO3. The first kappa shape index (κ1) is 12.9. The van der Waals surface area contributed by atoms with Crippen LogP contribution in [0.3, 0.4) is 0 Å². The molecule has 0 radical (unpaired) electrons. The highest BCUT2D eigenvalue weighted by Crippen LogP contribution is 2.23. The van der Waals surface area contributed by atoms with E-state index in [1.54, 1.807) is 12.1 Å². The molecular weight excluding hydrogens is 256 g/mol. The first-order valence-corrected chi connectivity index (χ1v) is 5.38. The molecule has 0 bridgehead atoms. The van der Waals surface area contributed by atoms with Crippen molar-refractivity contribution in [1.29, 1.82) is 0 Å². The molecule has 0 aromatic heterocycles. The smallest absolute Gasteiger partial charge is 0.305 e. The Morgan fingerprint density at radius 3 is 2.47 bits per heavy atom. The van der Waals surface area contributed by atoms with Gasteiger partial charge in [0.15, 0.2) is 0 Å². The second kappa shape index (κ2) is 5.43. The van der Waals surface area contributed by atoms with Gasteiger partial charge in [0, 0.05) is 17.7 Å². The highest BCUT2D eigenvalue weighted by Gasteiger charge is 2.14. The van der Waals surface area contributed by atoms with Gasteiger partial charge in [-0.2, -0.15) is 4.39 Å². The maximum atomic E-state index is 13.3. The van der Waals surface area contributed by atoms with Gasteiger partial charge in [0.25, 0.3) is 0 Å². The number of benzene rings is 2. The zero-order valence-electron chi connectivity index (χ0n) is 9.68. The summed E-state index contributed by atoms with van der Waals surface area (Å²) in [5.41, 5.74) is -0.306. The third-order valence-corrected chi connectivity index (χ3v) is 2.47. The molecule has 0 saturated carbocycles. The van der Waals surface area contributed by atoms with Crippen LogP contribution in [-0.4, -0.2) is 4.92 Å². The molecule has 6 heteroatoms. The lowest BCUT2D eigenvalue weighted by molar-refractivity contribution is -0.387. The van der Waals surface area contributed by atoms with E-state index >= 15 is 0 Å². The van der Waals surface area contributed by atoms with Crippen LogP contribution < -0.4 is 4.74 Å². The Morgan fingerprint density at radius 2 is 1.84 bits per heavy atom. The van der Waals surface area contributed by atoms with Crippen LogP contribution in [0.5, 0.6) is 5.75 Å². The Bertz CT molecular complexity index is 617. The van der Waals surface area contributed by atoms with E-state index in [0.29, 0.717) is 5.56 Å². The SMILES string of the molecule is O=[N+]([O-])c1ccc(OCc2ccccc2F)cc1F. The van der Waals surface area contributed by atoms with Crippen molar-refractivity contribution in [1.82, 2.24) is 0 Å². The highest BCUT2D eigenvalue weighted by molar-refractivity contribution is 5.38. The van der Waals surface area contributed by atoms with E-state index in [1.807, 2.05) is 0 Å². The molecule has 2 aromatic rings. The summed E-state index contributed by atoms with van der Waals surface area (Å²) in [6.07, 6.45) is 0. The van der Waals surface area contributed by atoms with Crippen molar-refractivity contribution in [3.8, 4) is 5.75 Å². The van der Waals surface area contributed by atoms with Gasteiger partial charge in [-0.25, -0.2) is 4.39 Å². The first-order valence-electron chi connectivity index (χ1n) is 5.38. The number of hydrogen-bond donors (Lipinski definition) is 0. The number of halogens is 2. The normalized spacial score (nSPS) is 10.2.